The topological polar surface area (TPSA) is 74.0 Å². The Hall–Kier alpha value is -3.08. The van der Waals surface area contributed by atoms with Crippen LogP contribution in [0, 0.1) is 0 Å². The smallest absolute Gasteiger partial charge is 0.247 e. The third-order valence-corrected chi connectivity index (χ3v) is 4.39. The van der Waals surface area contributed by atoms with Crippen LogP contribution in [0.15, 0.2) is 60.8 Å². The molecule has 1 aromatic heterocycles. The molecule has 0 saturated heterocycles. The Kier molecular flexibility index (Phi) is 5.69. The molecule has 1 atom stereocenters. The largest absolute Gasteiger partial charge is 0.361 e. The van der Waals surface area contributed by atoms with Gasteiger partial charge in [0, 0.05) is 30.1 Å². The first kappa shape index (κ1) is 17.7. The third-order valence-electron chi connectivity index (χ3n) is 4.39. The van der Waals surface area contributed by atoms with E-state index < -0.39 is 6.04 Å². The number of rotatable bonds is 7. The maximum absolute atomic E-state index is 12.7. The lowest BCUT2D eigenvalue weighted by molar-refractivity contribution is -0.129. The molecule has 2 aromatic carbocycles. The summed E-state index contributed by atoms with van der Waals surface area (Å²) in [5.41, 5.74) is 3.03. The molecule has 0 aliphatic carbocycles. The molecule has 0 spiro atoms. The SMILES string of the molecule is CCC(=O)NC(C(=O)NCCc1c[nH]c2ccccc12)c1ccccc1. The van der Waals surface area contributed by atoms with Gasteiger partial charge in [-0.15, -0.1) is 0 Å². The van der Waals surface area contributed by atoms with E-state index in [1.807, 2.05) is 54.7 Å². The Morgan fingerprint density at radius 1 is 1.04 bits per heavy atom. The second-order valence-electron chi connectivity index (χ2n) is 6.17. The quantitative estimate of drug-likeness (QED) is 0.613. The second kappa shape index (κ2) is 8.34. The van der Waals surface area contributed by atoms with E-state index >= 15 is 0 Å². The summed E-state index contributed by atoms with van der Waals surface area (Å²) < 4.78 is 0. The van der Waals surface area contributed by atoms with Gasteiger partial charge in [0.2, 0.25) is 11.8 Å². The van der Waals surface area contributed by atoms with Crippen LogP contribution in [0.4, 0.5) is 0 Å². The lowest BCUT2D eigenvalue weighted by atomic mass is 10.1. The number of carbonyl (C=O) groups is 2. The number of aromatic amines is 1. The number of aromatic nitrogens is 1. The zero-order valence-electron chi connectivity index (χ0n) is 14.8. The van der Waals surface area contributed by atoms with E-state index in [9.17, 15) is 9.59 Å². The Labute approximate surface area is 152 Å². The summed E-state index contributed by atoms with van der Waals surface area (Å²) in [7, 11) is 0. The highest BCUT2D eigenvalue weighted by Crippen LogP contribution is 2.18. The van der Waals surface area contributed by atoms with E-state index in [-0.39, 0.29) is 11.8 Å². The van der Waals surface area contributed by atoms with Gasteiger partial charge in [-0.2, -0.15) is 0 Å². The Morgan fingerprint density at radius 2 is 1.77 bits per heavy atom. The van der Waals surface area contributed by atoms with Crippen molar-refractivity contribution in [2.24, 2.45) is 0 Å². The van der Waals surface area contributed by atoms with Gasteiger partial charge in [0.05, 0.1) is 0 Å². The Balaban J connectivity index is 1.65. The maximum atomic E-state index is 12.7. The molecule has 0 saturated carbocycles. The Morgan fingerprint density at radius 3 is 2.54 bits per heavy atom. The van der Waals surface area contributed by atoms with Crippen LogP contribution >= 0.6 is 0 Å². The van der Waals surface area contributed by atoms with Gasteiger partial charge < -0.3 is 15.6 Å². The minimum atomic E-state index is -0.674. The molecule has 1 heterocycles. The molecular formula is C21H23N3O2. The normalized spacial score (nSPS) is 11.9. The molecule has 26 heavy (non-hydrogen) atoms. The van der Waals surface area contributed by atoms with Crippen molar-refractivity contribution in [2.45, 2.75) is 25.8 Å². The summed E-state index contributed by atoms with van der Waals surface area (Å²) in [5.74, 6) is -0.344. The molecule has 3 N–H and O–H groups in total. The van der Waals surface area contributed by atoms with Gasteiger partial charge in [0.1, 0.15) is 6.04 Å². The van der Waals surface area contributed by atoms with Crippen LogP contribution < -0.4 is 10.6 Å². The van der Waals surface area contributed by atoms with Crippen LogP contribution in [0.25, 0.3) is 10.9 Å². The molecule has 1 unspecified atom stereocenters. The van der Waals surface area contributed by atoms with Crippen molar-refractivity contribution >= 4 is 22.7 Å². The van der Waals surface area contributed by atoms with Gasteiger partial charge >= 0.3 is 0 Å². The molecule has 0 fully saturated rings. The van der Waals surface area contributed by atoms with Crippen molar-refractivity contribution in [1.82, 2.24) is 15.6 Å². The molecule has 3 rings (SSSR count). The lowest BCUT2D eigenvalue weighted by Crippen LogP contribution is -2.40. The Bertz CT molecular complexity index is 886. The summed E-state index contributed by atoms with van der Waals surface area (Å²) in [5, 5.41) is 6.91. The number of benzene rings is 2. The number of fused-ring (bicyclic) bond motifs is 1. The number of nitrogens with one attached hydrogen (secondary N) is 3. The molecule has 0 bridgehead atoms. The van der Waals surface area contributed by atoms with Crippen LogP contribution in [0.3, 0.4) is 0 Å². The predicted molar refractivity (Wildman–Crippen MR) is 103 cm³/mol. The third kappa shape index (κ3) is 4.11. The first-order valence-electron chi connectivity index (χ1n) is 8.86. The van der Waals surface area contributed by atoms with E-state index in [0.717, 1.165) is 23.1 Å². The van der Waals surface area contributed by atoms with Crippen molar-refractivity contribution in [3.8, 4) is 0 Å². The summed E-state index contributed by atoms with van der Waals surface area (Å²) in [6, 6.07) is 16.7. The maximum Gasteiger partial charge on any atom is 0.247 e. The van der Waals surface area contributed by atoms with Crippen molar-refractivity contribution in [2.75, 3.05) is 6.54 Å². The minimum Gasteiger partial charge on any atom is -0.361 e. The highest BCUT2D eigenvalue weighted by molar-refractivity contribution is 5.88. The lowest BCUT2D eigenvalue weighted by Gasteiger charge is -2.18. The number of hydrogen-bond donors (Lipinski definition) is 3. The van der Waals surface area contributed by atoms with E-state index in [0.29, 0.717) is 13.0 Å². The number of amides is 2. The van der Waals surface area contributed by atoms with Gasteiger partial charge in [-0.1, -0.05) is 55.5 Å². The van der Waals surface area contributed by atoms with Gasteiger partial charge in [-0.25, -0.2) is 0 Å². The highest BCUT2D eigenvalue weighted by atomic mass is 16.2. The first-order valence-corrected chi connectivity index (χ1v) is 8.86. The molecular weight excluding hydrogens is 326 g/mol. The standard InChI is InChI=1S/C21H23N3O2/c1-2-19(25)24-20(15-8-4-3-5-9-15)21(26)22-13-12-16-14-23-18-11-7-6-10-17(16)18/h3-11,14,20,23H,2,12-13H2,1H3,(H,22,26)(H,24,25). The molecule has 134 valence electrons. The predicted octanol–water partition coefficient (Wildman–Crippen LogP) is 3.09. The molecule has 5 heteroatoms. The van der Waals surface area contributed by atoms with Crippen LogP contribution in [-0.4, -0.2) is 23.3 Å². The van der Waals surface area contributed by atoms with Crippen molar-refractivity contribution in [3.63, 3.8) is 0 Å². The zero-order valence-corrected chi connectivity index (χ0v) is 14.8. The minimum absolute atomic E-state index is 0.148. The number of carbonyl (C=O) groups excluding carboxylic acids is 2. The molecule has 5 nitrogen and oxygen atoms in total. The molecule has 0 aliphatic rings. The van der Waals surface area contributed by atoms with E-state index in [4.69, 9.17) is 0 Å². The van der Waals surface area contributed by atoms with Crippen molar-refractivity contribution in [1.29, 1.82) is 0 Å². The summed E-state index contributed by atoms with van der Waals surface area (Å²) in [4.78, 5) is 27.7. The first-order chi connectivity index (χ1) is 12.7. The van der Waals surface area contributed by atoms with Crippen molar-refractivity contribution < 1.29 is 9.59 Å². The van der Waals surface area contributed by atoms with E-state index in [2.05, 4.69) is 21.7 Å². The second-order valence-corrected chi connectivity index (χ2v) is 6.17. The van der Waals surface area contributed by atoms with Crippen LogP contribution in [-0.2, 0) is 16.0 Å². The van der Waals surface area contributed by atoms with Crippen LogP contribution in [0.1, 0.15) is 30.5 Å². The molecule has 0 aliphatic heterocycles. The highest BCUT2D eigenvalue weighted by Gasteiger charge is 2.21. The molecule has 0 radical (unpaired) electrons. The van der Waals surface area contributed by atoms with E-state index in [1.165, 1.54) is 5.39 Å². The van der Waals surface area contributed by atoms with Crippen LogP contribution in [0.5, 0.6) is 0 Å². The van der Waals surface area contributed by atoms with Gasteiger partial charge in [0.15, 0.2) is 0 Å². The average Bonchev–Trinajstić information content (AvgIpc) is 3.09. The average molecular weight is 349 g/mol. The van der Waals surface area contributed by atoms with Gasteiger partial charge in [-0.3, -0.25) is 9.59 Å². The fourth-order valence-electron chi connectivity index (χ4n) is 2.97. The fourth-order valence-corrected chi connectivity index (χ4v) is 2.97. The fraction of sp³-hybridized carbons (Fsp3) is 0.238. The number of hydrogen-bond acceptors (Lipinski definition) is 2. The summed E-state index contributed by atoms with van der Waals surface area (Å²) in [6.07, 6.45) is 3.04. The number of para-hydroxylation sites is 1. The van der Waals surface area contributed by atoms with Crippen molar-refractivity contribution in [3.05, 3.63) is 71.9 Å². The van der Waals surface area contributed by atoms with Crippen LogP contribution in [0.2, 0.25) is 0 Å². The molecule has 3 aromatic rings. The summed E-state index contributed by atoms with van der Waals surface area (Å²) in [6.45, 7) is 2.28. The molecule has 2 amide bonds. The van der Waals surface area contributed by atoms with Gasteiger partial charge in [-0.05, 0) is 23.6 Å². The van der Waals surface area contributed by atoms with Gasteiger partial charge in [0.25, 0.3) is 0 Å². The number of H-pyrrole nitrogens is 1. The summed E-state index contributed by atoms with van der Waals surface area (Å²) >= 11 is 0. The van der Waals surface area contributed by atoms with E-state index in [1.54, 1.807) is 6.92 Å². The monoisotopic (exact) mass is 349 g/mol. The zero-order chi connectivity index (χ0) is 18.4.